The monoisotopic (exact) mass is 257 g/mol. The van der Waals surface area contributed by atoms with Crippen LogP contribution in [-0.2, 0) is 0 Å². The third kappa shape index (κ3) is 2.03. The standard InChI is InChI=1S/C14H12FN3O/c1-2-16-14-12(17-6-7-18-14)11-8-9-4-3-5-10(15)13(9)19-11/h3-8H,2H2,1H3,(H,16,18). The zero-order chi connectivity index (χ0) is 13.2. The summed E-state index contributed by atoms with van der Waals surface area (Å²) >= 11 is 0. The van der Waals surface area contributed by atoms with Gasteiger partial charge >= 0.3 is 0 Å². The lowest BCUT2D eigenvalue weighted by Gasteiger charge is -2.05. The van der Waals surface area contributed by atoms with Gasteiger partial charge in [-0.15, -0.1) is 0 Å². The number of furan rings is 1. The SMILES string of the molecule is CCNc1nccnc1-c1cc2cccc(F)c2o1. The molecule has 0 aliphatic carbocycles. The average molecular weight is 257 g/mol. The van der Waals surface area contributed by atoms with Crippen LogP contribution in [0.2, 0.25) is 0 Å². The van der Waals surface area contributed by atoms with Crippen LogP contribution in [0, 0.1) is 5.82 Å². The van der Waals surface area contributed by atoms with Gasteiger partial charge in [0.2, 0.25) is 0 Å². The Balaban J connectivity index is 2.17. The zero-order valence-electron chi connectivity index (χ0n) is 10.4. The van der Waals surface area contributed by atoms with Gasteiger partial charge in [0.25, 0.3) is 0 Å². The number of nitrogens with one attached hydrogen (secondary N) is 1. The lowest BCUT2D eigenvalue weighted by molar-refractivity contribution is 0.567. The molecule has 3 aromatic rings. The quantitative estimate of drug-likeness (QED) is 0.780. The Kier molecular flexibility index (Phi) is 2.87. The molecule has 2 heterocycles. The second-order valence-electron chi connectivity index (χ2n) is 4.05. The van der Waals surface area contributed by atoms with E-state index in [1.807, 2.05) is 6.92 Å². The van der Waals surface area contributed by atoms with Gasteiger partial charge in [0.05, 0.1) is 0 Å². The first-order valence-electron chi connectivity index (χ1n) is 6.03. The Morgan fingerprint density at radius 1 is 1.26 bits per heavy atom. The number of para-hydroxylation sites is 1. The number of hydrogen-bond acceptors (Lipinski definition) is 4. The van der Waals surface area contributed by atoms with Crippen LogP contribution in [-0.4, -0.2) is 16.5 Å². The zero-order valence-corrected chi connectivity index (χ0v) is 10.4. The van der Waals surface area contributed by atoms with Crippen molar-refractivity contribution in [2.45, 2.75) is 6.92 Å². The highest BCUT2D eigenvalue weighted by Crippen LogP contribution is 2.30. The predicted octanol–water partition coefficient (Wildman–Crippen LogP) is 3.46. The lowest BCUT2D eigenvalue weighted by Crippen LogP contribution is -2.01. The molecule has 1 N–H and O–H groups in total. The molecule has 0 saturated heterocycles. The fourth-order valence-electron chi connectivity index (χ4n) is 1.96. The van der Waals surface area contributed by atoms with Crippen molar-refractivity contribution in [3.8, 4) is 11.5 Å². The second-order valence-corrected chi connectivity index (χ2v) is 4.05. The van der Waals surface area contributed by atoms with Crippen molar-refractivity contribution in [1.29, 1.82) is 0 Å². The molecule has 0 aliphatic heterocycles. The van der Waals surface area contributed by atoms with E-state index in [-0.39, 0.29) is 11.4 Å². The van der Waals surface area contributed by atoms with Gasteiger partial charge in [0.15, 0.2) is 23.0 Å². The van der Waals surface area contributed by atoms with Crippen LogP contribution in [0.4, 0.5) is 10.2 Å². The van der Waals surface area contributed by atoms with Crippen molar-refractivity contribution < 1.29 is 8.81 Å². The molecule has 0 spiro atoms. The predicted molar refractivity (Wildman–Crippen MR) is 71.4 cm³/mol. The van der Waals surface area contributed by atoms with E-state index in [9.17, 15) is 4.39 Å². The van der Waals surface area contributed by atoms with Gasteiger partial charge < -0.3 is 9.73 Å². The molecular weight excluding hydrogens is 245 g/mol. The third-order valence-corrected chi connectivity index (χ3v) is 2.77. The molecule has 0 radical (unpaired) electrons. The van der Waals surface area contributed by atoms with Gasteiger partial charge in [0, 0.05) is 24.3 Å². The Morgan fingerprint density at radius 3 is 2.89 bits per heavy atom. The second kappa shape index (κ2) is 4.68. The van der Waals surface area contributed by atoms with Crippen molar-refractivity contribution >= 4 is 16.8 Å². The summed E-state index contributed by atoms with van der Waals surface area (Å²) in [6.45, 7) is 2.69. The first-order chi connectivity index (χ1) is 9.29. The van der Waals surface area contributed by atoms with E-state index >= 15 is 0 Å². The fraction of sp³-hybridized carbons (Fsp3) is 0.143. The van der Waals surface area contributed by atoms with E-state index in [0.717, 1.165) is 6.54 Å². The molecule has 5 heteroatoms. The summed E-state index contributed by atoms with van der Waals surface area (Å²) in [6, 6.07) is 6.59. The Labute approximate surface area is 109 Å². The summed E-state index contributed by atoms with van der Waals surface area (Å²) in [5.74, 6) is 0.756. The van der Waals surface area contributed by atoms with Crippen molar-refractivity contribution in [1.82, 2.24) is 9.97 Å². The topological polar surface area (TPSA) is 51.0 Å². The number of halogens is 1. The van der Waals surface area contributed by atoms with Crippen LogP contribution in [0.15, 0.2) is 41.1 Å². The third-order valence-electron chi connectivity index (χ3n) is 2.77. The lowest BCUT2D eigenvalue weighted by atomic mass is 10.2. The van der Waals surface area contributed by atoms with Crippen LogP contribution in [0.5, 0.6) is 0 Å². The molecule has 19 heavy (non-hydrogen) atoms. The molecule has 4 nitrogen and oxygen atoms in total. The normalized spacial score (nSPS) is 10.8. The summed E-state index contributed by atoms with van der Waals surface area (Å²) in [6.07, 6.45) is 3.18. The summed E-state index contributed by atoms with van der Waals surface area (Å²) in [5, 5.41) is 3.82. The van der Waals surface area contributed by atoms with E-state index in [1.165, 1.54) is 6.07 Å². The Morgan fingerprint density at radius 2 is 2.11 bits per heavy atom. The molecule has 1 aromatic carbocycles. The van der Waals surface area contributed by atoms with Gasteiger partial charge in [-0.3, -0.25) is 0 Å². The maximum Gasteiger partial charge on any atom is 0.170 e. The number of benzene rings is 1. The minimum Gasteiger partial charge on any atom is -0.451 e. The summed E-state index contributed by atoms with van der Waals surface area (Å²) in [7, 11) is 0. The molecule has 96 valence electrons. The van der Waals surface area contributed by atoms with Gasteiger partial charge in [-0.25, -0.2) is 14.4 Å². The number of aromatic nitrogens is 2. The van der Waals surface area contributed by atoms with Crippen LogP contribution < -0.4 is 5.32 Å². The highest BCUT2D eigenvalue weighted by molar-refractivity contribution is 5.84. The number of hydrogen-bond donors (Lipinski definition) is 1. The summed E-state index contributed by atoms with van der Waals surface area (Å²) in [4.78, 5) is 8.46. The number of rotatable bonds is 3. The van der Waals surface area contributed by atoms with Crippen molar-refractivity contribution in [2.24, 2.45) is 0 Å². The molecule has 0 unspecified atom stereocenters. The maximum atomic E-state index is 13.6. The summed E-state index contributed by atoms with van der Waals surface area (Å²) < 4.78 is 19.2. The van der Waals surface area contributed by atoms with Crippen molar-refractivity contribution in [2.75, 3.05) is 11.9 Å². The number of nitrogens with zero attached hydrogens (tertiary/aromatic N) is 2. The number of fused-ring (bicyclic) bond motifs is 1. The average Bonchev–Trinajstić information content (AvgIpc) is 2.85. The van der Waals surface area contributed by atoms with Crippen LogP contribution in [0.3, 0.4) is 0 Å². The van der Waals surface area contributed by atoms with E-state index in [0.29, 0.717) is 22.7 Å². The highest BCUT2D eigenvalue weighted by atomic mass is 19.1. The van der Waals surface area contributed by atoms with Gasteiger partial charge in [-0.2, -0.15) is 0 Å². The van der Waals surface area contributed by atoms with E-state index in [2.05, 4.69) is 15.3 Å². The largest absolute Gasteiger partial charge is 0.451 e. The minimum atomic E-state index is -0.377. The van der Waals surface area contributed by atoms with Gasteiger partial charge in [0.1, 0.15) is 5.69 Å². The summed E-state index contributed by atoms with van der Waals surface area (Å²) in [5.41, 5.74) is 0.825. The molecule has 2 aromatic heterocycles. The molecule has 0 aliphatic rings. The minimum absolute atomic E-state index is 0.241. The van der Waals surface area contributed by atoms with Crippen molar-refractivity contribution in [3.05, 3.63) is 42.5 Å². The molecule has 0 saturated carbocycles. The van der Waals surface area contributed by atoms with E-state index < -0.39 is 0 Å². The van der Waals surface area contributed by atoms with Crippen LogP contribution in [0.1, 0.15) is 6.92 Å². The van der Waals surface area contributed by atoms with Crippen molar-refractivity contribution in [3.63, 3.8) is 0 Å². The molecule has 3 rings (SSSR count). The van der Waals surface area contributed by atoms with Crippen LogP contribution in [0.25, 0.3) is 22.4 Å². The van der Waals surface area contributed by atoms with Gasteiger partial charge in [-0.05, 0) is 19.1 Å². The molecule has 0 fully saturated rings. The maximum absolute atomic E-state index is 13.6. The molecule has 0 atom stereocenters. The highest BCUT2D eigenvalue weighted by Gasteiger charge is 2.14. The molecular formula is C14H12FN3O. The molecule has 0 bridgehead atoms. The first-order valence-corrected chi connectivity index (χ1v) is 6.03. The van der Waals surface area contributed by atoms with E-state index in [4.69, 9.17) is 4.42 Å². The van der Waals surface area contributed by atoms with E-state index in [1.54, 1.807) is 30.6 Å². The smallest absolute Gasteiger partial charge is 0.170 e. The Hall–Kier alpha value is -2.43. The van der Waals surface area contributed by atoms with Gasteiger partial charge in [-0.1, -0.05) is 12.1 Å². The Bertz CT molecular complexity index is 724. The first kappa shape index (κ1) is 11.6. The van der Waals surface area contributed by atoms with Crippen LogP contribution >= 0.6 is 0 Å². The fourth-order valence-corrected chi connectivity index (χ4v) is 1.96. The molecule has 0 amide bonds. The number of anilines is 1.